The summed E-state index contributed by atoms with van der Waals surface area (Å²) in [7, 11) is -1.13. The Hall–Kier alpha value is -0.960. The van der Waals surface area contributed by atoms with Gasteiger partial charge in [0.15, 0.2) is 5.78 Å². The molecule has 0 bridgehead atoms. The summed E-state index contributed by atoms with van der Waals surface area (Å²) >= 11 is 0. The van der Waals surface area contributed by atoms with Crippen LogP contribution in [0.4, 0.5) is 0 Å². The summed E-state index contributed by atoms with van der Waals surface area (Å²) in [6.45, 7) is 9.75. The zero-order chi connectivity index (χ0) is 13.9. The van der Waals surface area contributed by atoms with E-state index in [0.717, 1.165) is 5.56 Å². The van der Waals surface area contributed by atoms with E-state index in [1.165, 1.54) is 0 Å². The number of hydrogen-bond donors (Lipinski definition) is 0. The highest BCUT2D eigenvalue weighted by atomic mass is 32.2. The minimum atomic E-state index is -1.13. The highest BCUT2D eigenvalue weighted by Gasteiger charge is 2.26. The molecule has 3 unspecified atom stereocenters. The number of benzene rings is 1. The van der Waals surface area contributed by atoms with Crippen molar-refractivity contribution in [3.63, 3.8) is 0 Å². The van der Waals surface area contributed by atoms with Crippen LogP contribution in [0.5, 0.6) is 0 Å². The SMILES string of the molecule is Cc1ccc(C(=O)C(C)S(=O)C(C)C(C)C)cc1. The lowest BCUT2D eigenvalue weighted by atomic mass is 10.1. The van der Waals surface area contributed by atoms with Crippen LogP contribution in [0.3, 0.4) is 0 Å². The van der Waals surface area contributed by atoms with Gasteiger partial charge in [-0.3, -0.25) is 9.00 Å². The van der Waals surface area contributed by atoms with Gasteiger partial charge in [-0.15, -0.1) is 0 Å². The second kappa shape index (κ2) is 6.28. The monoisotopic (exact) mass is 266 g/mol. The minimum absolute atomic E-state index is 0.0270. The molecule has 0 aliphatic carbocycles. The van der Waals surface area contributed by atoms with Gasteiger partial charge < -0.3 is 0 Å². The lowest BCUT2D eigenvalue weighted by molar-refractivity contribution is 0.0992. The molecule has 2 nitrogen and oxygen atoms in total. The lowest BCUT2D eigenvalue weighted by Crippen LogP contribution is -2.31. The molecule has 0 aliphatic heterocycles. The Morgan fingerprint density at radius 2 is 1.56 bits per heavy atom. The zero-order valence-electron chi connectivity index (χ0n) is 11.8. The maximum atomic E-state index is 12.3. The Kier molecular flexibility index (Phi) is 5.27. The van der Waals surface area contributed by atoms with E-state index in [1.807, 2.05) is 52.0 Å². The summed E-state index contributed by atoms with van der Waals surface area (Å²) in [5, 5.41) is -0.403. The molecule has 3 atom stereocenters. The third-order valence-electron chi connectivity index (χ3n) is 3.36. The average molecular weight is 266 g/mol. The second-order valence-corrected chi connectivity index (χ2v) is 7.26. The molecule has 0 saturated heterocycles. The molecule has 18 heavy (non-hydrogen) atoms. The maximum absolute atomic E-state index is 12.3. The van der Waals surface area contributed by atoms with Gasteiger partial charge in [-0.05, 0) is 19.8 Å². The molecule has 0 heterocycles. The Balaban J connectivity index is 2.84. The number of carbonyl (C=O) groups excluding carboxylic acids is 1. The van der Waals surface area contributed by atoms with Crippen LogP contribution in [0.2, 0.25) is 0 Å². The largest absolute Gasteiger partial charge is 0.293 e. The van der Waals surface area contributed by atoms with Gasteiger partial charge in [-0.1, -0.05) is 50.6 Å². The Morgan fingerprint density at radius 3 is 2.00 bits per heavy atom. The van der Waals surface area contributed by atoms with Crippen LogP contribution in [-0.2, 0) is 10.8 Å². The first-order valence-electron chi connectivity index (χ1n) is 6.34. The van der Waals surface area contributed by atoms with Crippen molar-refractivity contribution in [2.45, 2.75) is 45.1 Å². The maximum Gasteiger partial charge on any atom is 0.178 e. The van der Waals surface area contributed by atoms with E-state index < -0.39 is 16.0 Å². The van der Waals surface area contributed by atoms with Gasteiger partial charge in [0.1, 0.15) is 0 Å². The summed E-state index contributed by atoms with van der Waals surface area (Å²) in [6.07, 6.45) is 0. The molecule has 0 aromatic heterocycles. The quantitative estimate of drug-likeness (QED) is 0.766. The fourth-order valence-corrected chi connectivity index (χ4v) is 3.18. The van der Waals surface area contributed by atoms with E-state index in [1.54, 1.807) is 6.92 Å². The molecular weight excluding hydrogens is 244 g/mol. The number of aryl methyl sites for hydroxylation is 1. The molecule has 0 saturated carbocycles. The molecule has 1 aromatic rings. The van der Waals surface area contributed by atoms with Crippen molar-refractivity contribution >= 4 is 16.6 Å². The Morgan fingerprint density at radius 1 is 1.06 bits per heavy atom. The van der Waals surface area contributed by atoms with Gasteiger partial charge in [-0.2, -0.15) is 0 Å². The zero-order valence-corrected chi connectivity index (χ0v) is 12.6. The van der Waals surface area contributed by atoms with Crippen LogP contribution in [0.25, 0.3) is 0 Å². The molecule has 0 aliphatic rings. The van der Waals surface area contributed by atoms with Crippen LogP contribution < -0.4 is 0 Å². The van der Waals surface area contributed by atoms with Gasteiger partial charge in [0.25, 0.3) is 0 Å². The van der Waals surface area contributed by atoms with Crippen LogP contribution in [0.15, 0.2) is 24.3 Å². The Labute approximate surface area is 112 Å². The number of hydrogen-bond acceptors (Lipinski definition) is 2. The standard InChI is InChI=1S/C15H22O2S/c1-10(2)12(4)18(17)13(5)15(16)14-8-6-11(3)7-9-14/h6-10,12-13H,1-5H3. The predicted octanol–water partition coefficient (Wildman–Crippen LogP) is 3.36. The van der Waals surface area contributed by atoms with Crippen molar-refractivity contribution < 1.29 is 9.00 Å². The van der Waals surface area contributed by atoms with Gasteiger partial charge in [0, 0.05) is 21.6 Å². The van der Waals surface area contributed by atoms with Crippen molar-refractivity contribution in [3.8, 4) is 0 Å². The highest BCUT2D eigenvalue weighted by molar-refractivity contribution is 7.87. The predicted molar refractivity (Wildman–Crippen MR) is 77.4 cm³/mol. The fraction of sp³-hybridized carbons (Fsp3) is 0.533. The average Bonchev–Trinajstić information content (AvgIpc) is 2.36. The fourth-order valence-electron chi connectivity index (χ4n) is 1.65. The van der Waals surface area contributed by atoms with Crippen molar-refractivity contribution in [1.82, 2.24) is 0 Å². The molecule has 1 rings (SSSR count). The summed E-state index contributed by atoms with van der Waals surface area (Å²) in [6, 6.07) is 7.44. The molecule has 0 radical (unpaired) electrons. The molecule has 3 heteroatoms. The van der Waals surface area contributed by atoms with E-state index in [2.05, 4.69) is 0 Å². The first-order chi connectivity index (χ1) is 8.34. The van der Waals surface area contributed by atoms with E-state index >= 15 is 0 Å². The van der Waals surface area contributed by atoms with Crippen LogP contribution in [-0.4, -0.2) is 20.5 Å². The third-order valence-corrected chi connectivity index (χ3v) is 5.55. The van der Waals surface area contributed by atoms with Crippen molar-refractivity contribution in [3.05, 3.63) is 35.4 Å². The van der Waals surface area contributed by atoms with Gasteiger partial charge in [0.05, 0.1) is 5.25 Å². The molecule has 0 N–H and O–H groups in total. The third kappa shape index (κ3) is 3.52. The lowest BCUT2D eigenvalue weighted by Gasteiger charge is -2.19. The van der Waals surface area contributed by atoms with E-state index in [9.17, 15) is 9.00 Å². The van der Waals surface area contributed by atoms with Crippen molar-refractivity contribution in [1.29, 1.82) is 0 Å². The summed E-state index contributed by atoms with van der Waals surface area (Å²) < 4.78 is 12.3. The molecule has 0 amide bonds. The molecule has 100 valence electrons. The second-order valence-electron chi connectivity index (χ2n) is 5.15. The smallest absolute Gasteiger partial charge is 0.178 e. The van der Waals surface area contributed by atoms with E-state index in [4.69, 9.17) is 0 Å². The number of Topliss-reactive ketones (excluding diaryl/α,β-unsaturated/α-hetero) is 1. The van der Waals surface area contributed by atoms with Crippen LogP contribution >= 0.6 is 0 Å². The van der Waals surface area contributed by atoms with Crippen molar-refractivity contribution in [2.24, 2.45) is 5.92 Å². The van der Waals surface area contributed by atoms with Crippen molar-refractivity contribution in [2.75, 3.05) is 0 Å². The number of rotatable bonds is 5. The summed E-state index contributed by atoms with van der Waals surface area (Å²) in [5.74, 6) is 0.292. The van der Waals surface area contributed by atoms with E-state index in [0.29, 0.717) is 11.5 Å². The van der Waals surface area contributed by atoms with Gasteiger partial charge in [0.2, 0.25) is 0 Å². The van der Waals surface area contributed by atoms with E-state index in [-0.39, 0.29) is 11.0 Å². The number of ketones is 1. The first kappa shape index (κ1) is 15.1. The van der Waals surface area contributed by atoms with Gasteiger partial charge in [-0.25, -0.2) is 0 Å². The summed E-state index contributed by atoms with van der Waals surface area (Å²) in [5.41, 5.74) is 1.77. The Bertz CT molecular complexity index is 434. The first-order valence-corrected chi connectivity index (χ1v) is 7.62. The minimum Gasteiger partial charge on any atom is -0.293 e. The number of carbonyl (C=O) groups is 1. The van der Waals surface area contributed by atoms with Crippen LogP contribution in [0.1, 0.15) is 43.6 Å². The van der Waals surface area contributed by atoms with Gasteiger partial charge >= 0.3 is 0 Å². The molecule has 0 spiro atoms. The summed E-state index contributed by atoms with van der Waals surface area (Å²) in [4.78, 5) is 12.2. The highest BCUT2D eigenvalue weighted by Crippen LogP contribution is 2.16. The van der Waals surface area contributed by atoms with Crippen LogP contribution in [0, 0.1) is 12.8 Å². The molecule has 0 fully saturated rings. The topological polar surface area (TPSA) is 34.1 Å². The normalized spacial score (nSPS) is 16.3. The molecule has 1 aromatic carbocycles. The molecular formula is C15H22O2S.